The SMILES string of the molecule is O=C(NC=C1CCCC1)NCCc1ccc(Br)cc1. The first-order valence-electron chi connectivity index (χ1n) is 6.71. The number of nitrogens with one attached hydrogen (secondary N) is 2. The van der Waals surface area contributed by atoms with E-state index < -0.39 is 0 Å². The third-order valence-corrected chi connectivity index (χ3v) is 3.79. The second kappa shape index (κ2) is 7.34. The van der Waals surface area contributed by atoms with Gasteiger partial charge in [-0.3, -0.25) is 0 Å². The molecule has 2 rings (SSSR count). The maximum atomic E-state index is 11.6. The second-order valence-corrected chi connectivity index (χ2v) is 5.70. The summed E-state index contributed by atoms with van der Waals surface area (Å²) in [4.78, 5) is 11.6. The minimum Gasteiger partial charge on any atom is -0.338 e. The van der Waals surface area contributed by atoms with Gasteiger partial charge in [-0.2, -0.15) is 0 Å². The number of benzene rings is 1. The molecule has 0 aliphatic heterocycles. The predicted octanol–water partition coefficient (Wildman–Crippen LogP) is 3.75. The lowest BCUT2D eigenvalue weighted by molar-refractivity contribution is 0.244. The number of halogens is 1. The highest BCUT2D eigenvalue weighted by Gasteiger charge is 2.06. The van der Waals surface area contributed by atoms with E-state index in [4.69, 9.17) is 0 Å². The van der Waals surface area contributed by atoms with Crippen LogP contribution in [0.4, 0.5) is 4.79 Å². The number of carbonyl (C=O) groups is 1. The third kappa shape index (κ3) is 5.07. The van der Waals surface area contributed by atoms with E-state index in [1.165, 1.54) is 24.0 Å². The van der Waals surface area contributed by atoms with E-state index in [2.05, 4.69) is 38.7 Å². The molecule has 0 spiro atoms. The van der Waals surface area contributed by atoms with Crippen molar-refractivity contribution < 1.29 is 4.79 Å². The molecule has 1 aliphatic carbocycles. The standard InChI is InChI=1S/C15H19BrN2O/c16-14-7-5-12(6-8-14)9-10-17-15(19)18-11-13-3-1-2-4-13/h5-8,11H,1-4,9-10H2,(H2,17,18,19). The van der Waals surface area contributed by atoms with E-state index in [9.17, 15) is 4.79 Å². The van der Waals surface area contributed by atoms with Gasteiger partial charge in [0.25, 0.3) is 0 Å². The van der Waals surface area contributed by atoms with E-state index in [1.807, 2.05) is 18.3 Å². The number of rotatable bonds is 4. The van der Waals surface area contributed by atoms with Crippen LogP contribution in [0.2, 0.25) is 0 Å². The number of hydrogen-bond donors (Lipinski definition) is 2. The van der Waals surface area contributed by atoms with Crippen LogP contribution in [0.5, 0.6) is 0 Å². The Balaban J connectivity index is 1.66. The highest BCUT2D eigenvalue weighted by atomic mass is 79.9. The number of hydrogen-bond acceptors (Lipinski definition) is 1. The van der Waals surface area contributed by atoms with Crippen LogP contribution < -0.4 is 10.6 Å². The summed E-state index contributed by atoms with van der Waals surface area (Å²) in [6, 6.07) is 8.03. The predicted molar refractivity (Wildman–Crippen MR) is 80.9 cm³/mol. The van der Waals surface area contributed by atoms with E-state index in [0.717, 1.165) is 23.7 Å². The van der Waals surface area contributed by atoms with Gasteiger partial charge in [0, 0.05) is 17.2 Å². The molecule has 0 saturated heterocycles. The molecular weight excluding hydrogens is 304 g/mol. The lowest BCUT2D eigenvalue weighted by Crippen LogP contribution is -2.33. The maximum Gasteiger partial charge on any atom is 0.318 e. The molecule has 0 aromatic heterocycles. The lowest BCUT2D eigenvalue weighted by Gasteiger charge is -2.05. The molecule has 0 atom stereocenters. The first-order valence-corrected chi connectivity index (χ1v) is 7.50. The van der Waals surface area contributed by atoms with Gasteiger partial charge in [-0.25, -0.2) is 4.79 Å². The number of amides is 2. The fourth-order valence-electron chi connectivity index (χ4n) is 2.16. The molecule has 0 bridgehead atoms. The monoisotopic (exact) mass is 322 g/mol. The van der Waals surface area contributed by atoms with Crippen LogP contribution >= 0.6 is 15.9 Å². The van der Waals surface area contributed by atoms with Gasteiger partial charge in [0.1, 0.15) is 0 Å². The molecule has 1 aromatic rings. The molecule has 1 aliphatic rings. The molecule has 4 heteroatoms. The summed E-state index contributed by atoms with van der Waals surface area (Å²) in [6.07, 6.45) is 7.45. The average Bonchev–Trinajstić information content (AvgIpc) is 2.92. The van der Waals surface area contributed by atoms with Gasteiger partial charge in [0.15, 0.2) is 0 Å². The molecule has 3 nitrogen and oxygen atoms in total. The van der Waals surface area contributed by atoms with Gasteiger partial charge in [-0.1, -0.05) is 33.6 Å². The van der Waals surface area contributed by atoms with Crippen molar-refractivity contribution in [1.82, 2.24) is 10.6 Å². The zero-order chi connectivity index (χ0) is 13.5. The van der Waals surface area contributed by atoms with Gasteiger partial charge in [-0.05, 0) is 49.8 Å². The molecule has 102 valence electrons. The van der Waals surface area contributed by atoms with Crippen LogP contribution in [0.1, 0.15) is 31.2 Å². The van der Waals surface area contributed by atoms with Gasteiger partial charge in [-0.15, -0.1) is 0 Å². The third-order valence-electron chi connectivity index (χ3n) is 3.27. The molecule has 0 heterocycles. The molecule has 0 radical (unpaired) electrons. The van der Waals surface area contributed by atoms with Crippen molar-refractivity contribution in [1.29, 1.82) is 0 Å². The summed E-state index contributed by atoms with van der Waals surface area (Å²) < 4.78 is 1.07. The van der Waals surface area contributed by atoms with E-state index in [-0.39, 0.29) is 6.03 Å². The van der Waals surface area contributed by atoms with Crippen LogP contribution in [-0.4, -0.2) is 12.6 Å². The number of urea groups is 1. The summed E-state index contributed by atoms with van der Waals surface area (Å²) in [5, 5.41) is 5.66. The highest BCUT2D eigenvalue weighted by molar-refractivity contribution is 9.10. The Labute approximate surface area is 122 Å². The molecule has 0 unspecified atom stereocenters. The van der Waals surface area contributed by atoms with Crippen molar-refractivity contribution in [2.24, 2.45) is 0 Å². The minimum atomic E-state index is -0.114. The van der Waals surface area contributed by atoms with Crippen molar-refractivity contribution in [3.8, 4) is 0 Å². The zero-order valence-corrected chi connectivity index (χ0v) is 12.5. The van der Waals surface area contributed by atoms with Crippen molar-refractivity contribution in [3.05, 3.63) is 46.1 Å². The smallest absolute Gasteiger partial charge is 0.318 e. The van der Waals surface area contributed by atoms with E-state index in [1.54, 1.807) is 0 Å². The molecule has 2 amide bonds. The van der Waals surface area contributed by atoms with Crippen LogP contribution in [0, 0.1) is 0 Å². The molecule has 1 fully saturated rings. The average molecular weight is 323 g/mol. The fourth-order valence-corrected chi connectivity index (χ4v) is 2.43. The van der Waals surface area contributed by atoms with Gasteiger partial charge in [0.05, 0.1) is 0 Å². The van der Waals surface area contributed by atoms with Crippen molar-refractivity contribution in [3.63, 3.8) is 0 Å². The largest absolute Gasteiger partial charge is 0.338 e. The van der Waals surface area contributed by atoms with Crippen LogP contribution in [0.15, 0.2) is 40.5 Å². The summed E-state index contributed by atoms with van der Waals surface area (Å²) in [5.41, 5.74) is 2.57. The Bertz CT molecular complexity index is 446. The van der Waals surface area contributed by atoms with Gasteiger partial charge < -0.3 is 10.6 Å². The minimum absolute atomic E-state index is 0.114. The molecular formula is C15H19BrN2O. The van der Waals surface area contributed by atoms with E-state index in [0.29, 0.717) is 6.54 Å². The van der Waals surface area contributed by atoms with Gasteiger partial charge in [0.2, 0.25) is 0 Å². The molecule has 1 aromatic carbocycles. The normalized spacial score (nSPS) is 14.3. The van der Waals surface area contributed by atoms with Crippen LogP contribution in [0.3, 0.4) is 0 Å². The summed E-state index contributed by atoms with van der Waals surface area (Å²) >= 11 is 3.40. The lowest BCUT2D eigenvalue weighted by atomic mass is 10.1. The van der Waals surface area contributed by atoms with Crippen LogP contribution in [-0.2, 0) is 6.42 Å². The Morgan fingerprint density at radius 3 is 2.58 bits per heavy atom. The Kier molecular flexibility index (Phi) is 5.45. The zero-order valence-electron chi connectivity index (χ0n) is 10.9. The quantitative estimate of drug-likeness (QED) is 0.870. The first kappa shape index (κ1) is 14.1. The topological polar surface area (TPSA) is 41.1 Å². The Morgan fingerprint density at radius 2 is 1.89 bits per heavy atom. The Morgan fingerprint density at radius 1 is 1.21 bits per heavy atom. The molecule has 1 saturated carbocycles. The highest BCUT2D eigenvalue weighted by Crippen LogP contribution is 2.22. The summed E-state index contributed by atoms with van der Waals surface area (Å²) in [6.45, 7) is 0.649. The fraction of sp³-hybridized carbons (Fsp3) is 0.400. The van der Waals surface area contributed by atoms with Crippen LogP contribution in [0.25, 0.3) is 0 Å². The maximum absolute atomic E-state index is 11.6. The van der Waals surface area contributed by atoms with Gasteiger partial charge >= 0.3 is 6.03 Å². The van der Waals surface area contributed by atoms with Crippen molar-refractivity contribution in [2.45, 2.75) is 32.1 Å². The summed E-state index contributed by atoms with van der Waals surface area (Å²) in [5.74, 6) is 0. The van der Waals surface area contributed by atoms with E-state index >= 15 is 0 Å². The number of carbonyl (C=O) groups excluding carboxylic acids is 1. The first-order chi connectivity index (χ1) is 9.24. The van der Waals surface area contributed by atoms with Crippen molar-refractivity contribution in [2.75, 3.05) is 6.54 Å². The van der Waals surface area contributed by atoms with Crippen molar-refractivity contribution >= 4 is 22.0 Å². The molecule has 19 heavy (non-hydrogen) atoms. The number of allylic oxidation sites excluding steroid dienone is 1. The second-order valence-electron chi connectivity index (χ2n) is 4.79. The summed E-state index contributed by atoms with van der Waals surface area (Å²) in [7, 11) is 0. The molecule has 2 N–H and O–H groups in total. The Hall–Kier alpha value is -1.29.